The monoisotopic (exact) mass is 261 g/mol. The molecule has 0 spiro atoms. The van der Waals surface area contributed by atoms with Crippen LogP contribution in [0.2, 0.25) is 0 Å². The van der Waals surface area contributed by atoms with E-state index in [4.69, 9.17) is 25.0 Å². The van der Waals surface area contributed by atoms with Crippen LogP contribution >= 0.6 is 0 Å². The molecule has 4 radical (unpaired) electrons. The highest BCUT2D eigenvalue weighted by Gasteiger charge is 2.53. The molecule has 0 aliphatic carbocycles. The Morgan fingerprint density at radius 1 is 1.26 bits per heavy atom. The lowest BCUT2D eigenvalue weighted by Gasteiger charge is -2.36. The van der Waals surface area contributed by atoms with Gasteiger partial charge in [-0.3, -0.25) is 0 Å². The van der Waals surface area contributed by atoms with Crippen LogP contribution in [0.15, 0.2) is 11.7 Å². The third kappa shape index (κ3) is 3.39. The molecule has 1 rings (SSSR count). The van der Waals surface area contributed by atoms with Crippen molar-refractivity contribution in [2.75, 3.05) is 7.05 Å². The van der Waals surface area contributed by atoms with Crippen molar-refractivity contribution in [2.45, 2.75) is 57.8 Å². The first-order valence-corrected chi connectivity index (χ1v) is 6.52. The molecule has 0 unspecified atom stereocenters. The maximum absolute atomic E-state index is 9.73. The second-order valence-corrected chi connectivity index (χ2v) is 5.97. The van der Waals surface area contributed by atoms with Crippen molar-refractivity contribution in [2.24, 2.45) is 0 Å². The fourth-order valence-corrected chi connectivity index (χ4v) is 1.77. The van der Waals surface area contributed by atoms with Gasteiger partial charge >= 0.3 is 7.12 Å². The zero-order valence-corrected chi connectivity index (χ0v) is 12.7. The van der Waals surface area contributed by atoms with Crippen molar-refractivity contribution in [3.8, 4) is 0 Å². The second-order valence-electron chi connectivity index (χ2n) is 5.97. The standard InChI is InChI=1S/C12H22B3NO3/c1-7-8-9(16(6)12(13,14)17)15-18-10(2,3)11(4,5)19-15/h8,17H,7H2,1-6H3/b9-8-. The summed E-state index contributed by atoms with van der Waals surface area (Å²) in [4.78, 5) is 1.36. The summed E-state index contributed by atoms with van der Waals surface area (Å²) < 4.78 is 11.9. The zero-order chi connectivity index (χ0) is 15.1. The highest BCUT2D eigenvalue weighted by molar-refractivity contribution is 6.55. The molecule has 7 heteroatoms. The van der Waals surface area contributed by atoms with E-state index in [1.807, 2.05) is 40.7 Å². The van der Waals surface area contributed by atoms with Gasteiger partial charge in [-0.05, 0) is 34.1 Å². The highest BCUT2D eigenvalue weighted by atomic mass is 16.7. The average Bonchev–Trinajstić information content (AvgIpc) is 2.42. The molecule has 0 aromatic carbocycles. The maximum atomic E-state index is 9.73. The third-order valence-corrected chi connectivity index (χ3v) is 3.83. The summed E-state index contributed by atoms with van der Waals surface area (Å²) in [6.07, 6.45) is 2.63. The summed E-state index contributed by atoms with van der Waals surface area (Å²) in [5, 5.41) is 9.73. The molecule has 1 heterocycles. The summed E-state index contributed by atoms with van der Waals surface area (Å²) in [7, 11) is 12.0. The Kier molecular flexibility index (Phi) is 4.55. The number of rotatable bonds is 4. The quantitative estimate of drug-likeness (QED) is 0.599. The van der Waals surface area contributed by atoms with Crippen LogP contribution in [0.4, 0.5) is 0 Å². The van der Waals surface area contributed by atoms with Gasteiger partial charge in [0.2, 0.25) is 0 Å². The first-order valence-electron chi connectivity index (χ1n) is 6.52. The first-order chi connectivity index (χ1) is 8.42. The van der Waals surface area contributed by atoms with E-state index >= 15 is 0 Å². The van der Waals surface area contributed by atoms with Crippen molar-refractivity contribution >= 4 is 22.8 Å². The SMILES string of the molecule is [B]C([B])(O)N(C)/C(=C\CC)B1OC(C)(C)C(C)(C)O1. The summed E-state index contributed by atoms with van der Waals surface area (Å²) in [6.45, 7) is 9.84. The van der Waals surface area contributed by atoms with E-state index in [0.717, 1.165) is 6.42 Å². The van der Waals surface area contributed by atoms with Crippen LogP contribution < -0.4 is 0 Å². The molecular weight excluding hydrogens is 239 g/mol. The normalized spacial score (nSPS) is 22.7. The molecule has 102 valence electrons. The zero-order valence-electron chi connectivity index (χ0n) is 12.7. The van der Waals surface area contributed by atoms with Crippen molar-refractivity contribution < 1.29 is 14.4 Å². The van der Waals surface area contributed by atoms with E-state index < -0.39 is 23.8 Å². The van der Waals surface area contributed by atoms with Gasteiger partial charge in [0.1, 0.15) is 15.7 Å². The molecule has 19 heavy (non-hydrogen) atoms. The lowest BCUT2D eigenvalue weighted by molar-refractivity contribution is 0.00578. The molecule has 0 amide bonds. The van der Waals surface area contributed by atoms with Gasteiger partial charge < -0.3 is 19.3 Å². The maximum Gasteiger partial charge on any atom is 0.511 e. The third-order valence-electron chi connectivity index (χ3n) is 3.83. The number of allylic oxidation sites excluding steroid dienone is 1. The van der Waals surface area contributed by atoms with Gasteiger partial charge in [-0.15, -0.1) is 0 Å². The fourth-order valence-electron chi connectivity index (χ4n) is 1.77. The molecule has 0 bridgehead atoms. The van der Waals surface area contributed by atoms with Crippen molar-refractivity contribution in [3.63, 3.8) is 0 Å². The molecule has 0 atom stereocenters. The minimum absolute atomic E-state index is 0.452. The largest absolute Gasteiger partial charge is 0.511 e. The van der Waals surface area contributed by atoms with Gasteiger partial charge in [-0.1, -0.05) is 13.0 Å². The molecule has 0 aromatic heterocycles. The van der Waals surface area contributed by atoms with Gasteiger partial charge in [0.25, 0.3) is 0 Å². The summed E-state index contributed by atoms with van der Waals surface area (Å²) in [5.41, 5.74) is -2.24. The van der Waals surface area contributed by atoms with Crippen LogP contribution in [0.25, 0.3) is 0 Å². The van der Waals surface area contributed by atoms with Gasteiger partial charge in [0, 0.05) is 18.2 Å². The van der Waals surface area contributed by atoms with Crippen molar-refractivity contribution in [1.29, 1.82) is 0 Å². The molecule has 0 saturated carbocycles. The van der Waals surface area contributed by atoms with Gasteiger partial charge in [-0.25, -0.2) is 0 Å². The second kappa shape index (κ2) is 5.19. The Morgan fingerprint density at radius 3 is 2.00 bits per heavy atom. The van der Waals surface area contributed by atoms with E-state index in [1.165, 1.54) is 4.90 Å². The van der Waals surface area contributed by atoms with E-state index in [9.17, 15) is 5.11 Å². The minimum atomic E-state index is -1.95. The average molecular weight is 261 g/mol. The summed E-state index contributed by atoms with van der Waals surface area (Å²) in [5.74, 6) is 0. The number of hydrogen-bond donors (Lipinski definition) is 1. The number of nitrogens with zero attached hydrogens (tertiary/aromatic N) is 1. The summed E-state index contributed by atoms with van der Waals surface area (Å²) in [6, 6.07) is 0. The predicted octanol–water partition coefficient (Wildman–Crippen LogP) is 0.784. The summed E-state index contributed by atoms with van der Waals surface area (Å²) >= 11 is 0. The lowest BCUT2D eigenvalue weighted by atomic mass is 9.69. The molecule has 1 fully saturated rings. The molecule has 1 saturated heterocycles. The van der Waals surface area contributed by atoms with Crippen LogP contribution in [0.5, 0.6) is 0 Å². The van der Waals surface area contributed by atoms with Crippen LogP contribution in [-0.2, 0) is 9.31 Å². The van der Waals surface area contributed by atoms with Gasteiger partial charge in [-0.2, -0.15) is 0 Å². The highest BCUT2D eigenvalue weighted by Crippen LogP contribution is 2.39. The lowest BCUT2D eigenvalue weighted by Crippen LogP contribution is -2.50. The Bertz CT molecular complexity index is 348. The molecule has 4 nitrogen and oxygen atoms in total. The van der Waals surface area contributed by atoms with E-state index in [0.29, 0.717) is 5.60 Å². The van der Waals surface area contributed by atoms with Crippen LogP contribution in [-0.4, -0.2) is 56.6 Å². The number of aliphatic hydroxyl groups is 1. The Hall–Kier alpha value is -0.385. The van der Waals surface area contributed by atoms with Crippen LogP contribution in [0.3, 0.4) is 0 Å². The Balaban J connectivity index is 3.02. The van der Waals surface area contributed by atoms with Gasteiger partial charge in [0.15, 0.2) is 0 Å². The minimum Gasteiger partial charge on any atom is -0.398 e. The van der Waals surface area contributed by atoms with E-state index in [-0.39, 0.29) is 0 Å². The Labute approximate surface area is 119 Å². The van der Waals surface area contributed by atoms with Crippen molar-refractivity contribution in [1.82, 2.24) is 4.90 Å². The van der Waals surface area contributed by atoms with Crippen LogP contribution in [0, 0.1) is 0 Å². The van der Waals surface area contributed by atoms with Gasteiger partial charge in [0.05, 0.1) is 11.2 Å². The predicted molar refractivity (Wildman–Crippen MR) is 78.7 cm³/mol. The molecule has 0 aromatic rings. The molecule has 1 N–H and O–H groups in total. The van der Waals surface area contributed by atoms with E-state index in [2.05, 4.69) is 0 Å². The fraction of sp³-hybridized carbons (Fsp3) is 0.833. The number of hydrogen-bond acceptors (Lipinski definition) is 4. The molecule has 1 aliphatic heterocycles. The molecule has 1 aliphatic rings. The van der Waals surface area contributed by atoms with Crippen molar-refractivity contribution in [3.05, 3.63) is 11.7 Å². The van der Waals surface area contributed by atoms with Crippen LogP contribution in [0.1, 0.15) is 41.0 Å². The first kappa shape index (κ1) is 16.7. The molecular formula is C12H22B3NO3. The smallest absolute Gasteiger partial charge is 0.398 e. The Morgan fingerprint density at radius 2 is 1.68 bits per heavy atom. The van der Waals surface area contributed by atoms with E-state index in [1.54, 1.807) is 7.05 Å². The topological polar surface area (TPSA) is 41.9 Å².